The van der Waals surface area contributed by atoms with E-state index < -0.39 is 0 Å². The van der Waals surface area contributed by atoms with Crippen molar-refractivity contribution in [3.8, 4) is 5.82 Å². The number of carbonyl (C=O) groups excluding carboxylic acids is 1. The number of nitrogens with zero attached hydrogens (tertiary/aromatic N) is 6. The van der Waals surface area contributed by atoms with Gasteiger partial charge in [0.1, 0.15) is 0 Å². The molecular formula is C18H21N7O. The lowest BCUT2D eigenvalue weighted by Gasteiger charge is -2.28. The summed E-state index contributed by atoms with van der Waals surface area (Å²) in [5.74, 6) is 0.783. The normalized spacial score (nSPS) is 15.9. The van der Waals surface area contributed by atoms with E-state index in [1.807, 2.05) is 16.9 Å². The maximum Gasteiger partial charge on any atom is 0.260 e. The number of anilines is 1. The Kier molecular flexibility index (Phi) is 4.49. The lowest BCUT2D eigenvalue weighted by atomic mass is 10.1. The van der Waals surface area contributed by atoms with Crippen molar-refractivity contribution in [2.45, 2.75) is 18.9 Å². The molecule has 3 aromatic rings. The molecule has 4 heterocycles. The molecule has 26 heavy (non-hydrogen) atoms. The summed E-state index contributed by atoms with van der Waals surface area (Å²) in [5, 5.41) is 11.6. The predicted octanol–water partition coefficient (Wildman–Crippen LogP) is 1.98. The van der Waals surface area contributed by atoms with Crippen molar-refractivity contribution in [2.24, 2.45) is 0 Å². The van der Waals surface area contributed by atoms with Crippen molar-refractivity contribution in [3.63, 3.8) is 0 Å². The molecule has 0 aromatic carbocycles. The minimum Gasteiger partial charge on any atom is -0.306 e. The fourth-order valence-corrected chi connectivity index (χ4v) is 3.20. The first-order chi connectivity index (χ1) is 12.7. The Bertz CT molecular complexity index is 879. The summed E-state index contributed by atoms with van der Waals surface area (Å²) in [6.07, 6.45) is 9.12. The van der Waals surface area contributed by atoms with Gasteiger partial charge in [0.15, 0.2) is 11.6 Å². The number of likely N-dealkylation sites (tertiary alicyclic amines) is 1. The molecule has 0 spiro atoms. The van der Waals surface area contributed by atoms with Crippen molar-refractivity contribution in [2.75, 3.05) is 25.5 Å². The van der Waals surface area contributed by atoms with Gasteiger partial charge in [-0.3, -0.25) is 9.48 Å². The third kappa shape index (κ3) is 3.36. The summed E-state index contributed by atoms with van der Waals surface area (Å²) in [5.41, 5.74) is 0.449. The van der Waals surface area contributed by atoms with Crippen molar-refractivity contribution in [1.29, 1.82) is 0 Å². The zero-order valence-electron chi connectivity index (χ0n) is 14.6. The van der Waals surface area contributed by atoms with E-state index in [0.29, 0.717) is 23.2 Å². The molecule has 4 rings (SSSR count). The number of pyridine rings is 1. The second kappa shape index (κ2) is 7.09. The quantitative estimate of drug-likeness (QED) is 0.777. The molecule has 134 valence electrons. The van der Waals surface area contributed by atoms with Crippen molar-refractivity contribution < 1.29 is 4.79 Å². The highest BCUT2D eigenvalue weighted by atomic mass is 16.1. The molecule has 1 aliphatic heterocycles. The fraction of sp³-hybridized carbons (Fsp3) is 0.333. The van der Waals surface area contributed by atoms with E-state index in [0.717, 1.165) is 25.9 Å². The maximum absolute atomic E-state index is 12.7. The monoisotopic (exact) mass is 351 g/mol. The maximum atomic E-state index is 12.7. The number of nitrogens with one attached hydrogen (secondary N) is 1. The summed E-state index contributed by atoms with van der Waals surface area (Å²) in [4.78, 5) is 19.3. The number of piperidine rings is 1. The van der Waals surface area contributed by atoms with E-state index in [1.54, 1.807) is 41.5 Å². The van der Waals surface area contributed by atoms with E-state index in [2.05, 4.69) is 32.4 Å². The number of aromatic nitrogens is 5. The van der Waals surface area contributed by atoms with Gasteiger partial charge in [0.2, 0.25) is 0 Å². The van der Waals surface area contributed by atoms with Crippen LogP contribution in [0.25, 0.3) is 5.82 Å². The zero-order chi connectivity index (χ0) is 17.9. The smallest absolute Gasteiger partial charge is 0.260 e. The molecule has 1 fully saturated rings. The van der Waals surface area contributed by atoms with Crippen molar-refractivity contribution in [1.82, 2.24) is 29.4 Å². The minimum absolute atomic E-state index is 0.253. The summed E-state index contributed by atoms with van der Waals surface area (Å²) < 4.78 is 3.53. The standard InChI is InChI=1S/C18H21N7O/c1-23-11-5-14(6-12-23)24-13-7-16(22-24)21-18(26)15-4-2-8-19-17(15)25-10-3-9-20-25/h2-4,7-10,13-14H,5-6,11-12H2,1H3,(H,21,22,26). The molecule has 0 radical (unpaired) electrons. The Morgan fingerprint density at radius 3 is 2.77 bits per heavy atom. The minimum atomic E-state index is -0.253. The highest BCUT2D eigenvalue weighted by Crippen LogP contribution is 2.22. The van der Waals surface area contributed by atoms with Gasteiger partial charge in [-0.25, -0.2) is 9.67 Å². The predicted molar refractivity (Wildman–Crippen MR) is 97.3 cm³/mol. The molecular weight excluding hydrogens is 330 g/mol. The van der Waals surface area contributed by atoms with Crippen LogP contribution in [0, 0.1) is 0 Å². The van der Waals surface area contributed by atoms with E-state index in [4.69, 9.17) is 0 Å². The Balaban J connectivity index is 1.50. The average molecular weight is 351 g/mol. The molecule has 3 aromatic heterocycles. The number of amides is 1. The molecule has 0 unspecified atom stereocenters. The number of rotatable bonds is 4. The van der Waals surface area contributed by atoms with Crippen molar-refractivity contribution in [3.05, 3.63) is 54.6 Å². The van der Waals surface area contributed by atoms with Crippen LogP contribution in [0.15, 0.2) is 49.1 Å². The molecule has 0 bridgehead atoms. The van der Waals surface area contributed by atoms with Gasteiger partial charge in [0.05, 0.1) is 11.6 Å². The average Bonchev–Trinajstić information content (AvgIpc) is 3.34. The SMILES string of the molecule is CN1CCC(n2ccc(NC(=O)c3cccnc3-n3cccn3)n2)CC1. The van der Waals surface area contributed by atoms with Crippen LogP contribution in [-0.4, -0.2) is 55.5 Å². The van der Waals surface area contributed by atoms with Crippen LogP contribution >= 0.6 is 0 Å². The first-order valence-electron chi connectivity index (χ1n) is 8.71. The molecule has 0 atom stereocenters. The molecule has 1 aliphatic rings. The Labute approximate surface area is 151 Å². The van der Waals surface area contributed by atoms with Crippen molar-refractivity contribution >= 4 is 11.7 Å². The van der Waals surface area contributed by atoms with E-state index in [9.17, 15) is 4.79 Å². The van der Waals surface area contributed by atoms with Gasteiger partial charge in [-0.2, -0.15) is 10.2 Å². The number of carbonyl (C=O) groups is 1. The molecule has 1 N–H and O–H groups in total. The first-order valence-corrected chi connectivity index (χ1v) is 8.71. The van der Waals surface area contributed by atoms with Gasteiger partial charge in [0.25, 0.3) is 5.91 Å². The van der Waals surface area contributed by atoms with Gasteiger partial charge >= 0.3 is 0 Å². The summed E-state index contributed by atoms with van der Waals surface area (Å²) in [6.45, 7) is 2.13. The van der Waals surface area contributed by atoms with E-state index in [1.165, 1.54) is 0 Å². The molecule has 0 saturated carbocycles. The van der Waals surface area contributed by atoms with E-state index >= 15 is 0 Å². The highest BCUT2D eigenvalue weighted by Gasteiger charge is 2.20. The highest BCUT2D eigenvalue weighted by molar-refractivity contribution is 6.05. The third-order valence-electron chi connectivity index (χ3n) is 4.66. The summed E-state index contributed by atoms with van der Waals surface area (Å²) in [7, 11) is 2.13. The van der Waals surface area contributed by atoms with Crippen LogP contribution in [-0.2, 0) is 0 Å². The van der Waals surface area contributed by atoms with Crippen LogP contribution in [0.2, 0.25) is 0 Å². The van der Waals surface area contributed by atoms with Crippen LogP contribution < -0.4 is 5.32 Å². The fourth-order valence-electron chi connectivity index (χ4n) is 3.20. The lowest BCUT2D eigenvalue weighted by molar-refractivity contribution is 0.102. The lowest BCUT2D eigenvalue weighted by Crippen LogP contribution is -2.31. The Hall–Kier alpha value is -3.00. The topological polar surface area (TPSA) is 80.9 Å². The first kappa shape index (κ1) is 16.5. The molecule has 0 aliphatic carbocycles. The van der Waals surface area contributed by atoms with Gasteiger partial charge in [-0.15, -0.1) is 0 Å². The molecule has 8 nitrogen and oxygen atoms in total. The number of hydrogen-bond acceptors (Lipinski definition) is 5. The summed E-state index contributed by atoms with van der Waals surface area (Å²) >= 11 is 0. The molecule has 1 saturated heterocycles. The second-order valence-corrected chi connectivity index (χ2v) is 6.49. The van der Waals surface area contributed by atoms with Gasteiger partial charge in [0, 0.05) is 30.9 Å². The van der Waals surface area contributed by atoms with E-state index in [-0.39, 0.29) is 5.91 Å². The summed E-state index contributed by atoms with van der Waals surface area (Å²) in [6, 6.07) is 7.47. The second-order valence-electron chi connectivity index (χ2n) is 6.49. The number of hydrogen-bond donors (Lipinski definition) is 1. The van der Waals surface area contributed by atoms with Gasteiger partial charge < -0.3 is 10.2 Å². The molecule has 1 amide bonds. The Morgan fingerprint density at radius 1 is 1.15 bits per heavy atom. The van der Waals surface area contributed by atoms with Gasteiger partial charge in [-0.1, -0.05) is 0 Å². The van der Waals surface area contributed by atoms with Crippen LogP contribution in [0.1, 0.15) is 29.2 Å². The Morgan fingerprint density at radius 2 is 2.00 bits per heavy atom. The van der Waals surface area contributed by atoms with Crippen LogP contribution in [0.4, 0.5) is 5.82 Å². The van der Waals surface area contributed by atoms with Crippen LogP contribution in [0.3, 0.4) is 0 Å². The third-order valence-corrected chi connectivity index (χ3v) is 4.66. The van der Waals surface area contributed by atoms with Gasteiger partial charge in [-0.05, 0) is 51.2 Å². The zero-order valence-corrected chi connectivity index (χ0v) is 14.6. The van der Waals surface area contributed by atoms with Crippen LogP contribution in [0.5, 0.6) is 0 Å². The largest absolute Gasteiger partial charge is 0.306 e. The molecule has 8 heteroatoms.